The summed E-state index contributed by atoms with van der Waals surface area (Å²) in [6.45, 7) is 2.14. The number of hydrogen-bond donors (Lipinski definition) is 1. The molecule has 1 aromatic carbocycles. The van der Waals surface area contributed by atoms with E-state index in [1.807, 2.05) is 12.1 Å². The number of aromatic nitrogens is 2. The average Bonchev–Trinajstić information content (AvgIpc) is 2.80. The third-order valence-electron chi connectivity index (χ3n) is 3.86. The summed E-state index contributed by atoms with van der Waals surface area (Å²) in [6.07, 6.45) is 2.60. The number of carboxylic acids is 1. The van der Waals surface area contributed by atoms with E-state index in [1.165, 1.54) is 0 Å². The molecular weight excluding hydrogens is 356 g/mol. The molecule has 1 aliphatic rings. The molecule has 0 radical (unpaired) electrons. The van der Waals surface area contributed by atoms with E-state index in [2.05, 4.69) is 28.0 Å². The minimum Gasteiger partial charge on any atom is -0.476 e. The molecule has 6 heteroatoms. The number of rotatable bonds is 2. The highest BCUT2D eigenvalue weighted by molar-refractivity contribution is 9.10. The second-order valence-electron chi connectivity index (χ2n) is 5.43. The summed E-state index contributed by atoms with van der Waals surface area (Å²) in [7, 11) is 0. The van der Waals surface area contributed by atoms with Crippen molar-refractivity contribution in [2.75, 3.05) is 0 Å². The Morgan fingerprint density at radius 1 is 1.52 bits per heavy atom. The van der Waals surface area contributed by atoms with E-state index in [-0.39, 0.29) is 5.69 Å². The van der Waals surface area contributed by atoms with Gasteiger partial charge in [0, 0.05) is 15.7 Å². The Labute approximate surface area is 135 Å². The van der Waals surface area contributed by atoms with Gasteiger partial charge in [-0.15, -0.1) is 0 Å². The Morgan fingerprint density at radius 2 is 2.29 bits per heavy atom. The van der Waals surface area contributed by atoms with Gasteiger partial charge < -0.3 is 5.11 Å². The van der Waals surface area contributed by atoms with E-state index < -0.39 is 5.97 Å². The predicted molar refractivity (Wildman–Crippen MR) is 84.4 cm³/mol. The SMILES string of the molecule is CC1CCc2c(c(C(=O)O)nn2-c2cc(Br)ccc2Cl)C1. The van der Waals surface area contributed by atoms with Crippen LogP contribution in [0.5, 0.6) is 0 Å². The van der Waals surface area contributed by atoms with Crippen molar-refractivity contribution in [3.63, 3.8) is 0 Å². The normalized spacial score (nSPS) is 17.6. The van der Waals surface area contributed by atoms with Crippen LogP contribution in [-0.2, 0) is 12.8 Å². The summed E-state index contributed by atoms with van der Waals surface area (Å²) < 4.78 is 2.57. The zero-order valence-electron chi connectivity index (χ0n) is 11.4. The summed E-state index contributed by atoms with van der Waals surface area (Å²) in [4.78, 5) is 11.5. The summed E-state index contributed by atoms with van der Waals surface area (Å²) in [6, 6.07) is 5.49. The van der Waals surface area contributed by atoms with Crippen molar-refractivity contribution in [3.8, 4) is 5.69 Å². The summed E-state index contributed by atoms with van der Waals surface area (Å²) in [5.74, 6) is -0.503. The van der Waals surface area contributed by atoms with Crippen molar-refractivity contribution in [3.05, 3.63) is 44.6 Å². The molecule has 2 aromatic rings. The lowest BCUT2D eigenvalue weighted by atomic mass is 9.87. The Balaban J connectivity index is 2.22. The minimum absolute atomic E-state index is 0.146. The van der Waals surface area contributed by atoms with Crippen LogP contribution < -0.4 is 0 Å². The third-order valence-corrected chi connectivity index (χ3v) is 4.67. The summed E-state index contributed by atoms with van der Waals surface area (Å²) >= 11 is 9.68. The summed E-state index contributed by atoms with van der Waals surface area (Å²) in [5, 5.41) is 14.3. The van der Waals surface area contributed by atoms with E-state index >= 15 is 0 Å². The molecule has 1 N–H and O–H groups in total. The molecule has 1 heterocycles. The average molecular weight is 370 g/mol. The van der Waals surface area contributed by atoms with Crippen LogP contribution in [0.4, 0.5) is 0 Å². The van der Waals surface area contributed by atoms with E-state index in [4.69, 9.17) is 11.6 Å². The Morgan fingerprint density at radius 3 is 3.00 bits per heavy atom. The fraction of sp³-hybridized carbons (Fsp3) is 0.333. The van der Waals surface area contributed by atoms with Crippen molar-refractivity contribution >= 4 is 33.5 Å². The molecule has 0 saturated carbocycles. The Bertz CT molecular complexity index is 727. The molecule has 4 nitrogen and oxygen atoms in total. The number of fused-ring (bicyclic) bond motifs is 1. The first-order valence-corrected chi connectivity index (χ1v) is 7.94. The fourth-order valence-corrected chi connectivity index (χ4v) is 3.36. The quantitative estimate of drug-likeness (QED) is 0.866. The number of halogens is 2. The molecule has 110 valence electrons. The second-order valence-corrected chi connectivity index (χ2v) is 6.76. The molecule has 0 saturated heterocycles. The van der Waals surface area contributed by atoms with Crippen molar-refractivity contribution in [2.45, 2.75) is 26.2 Å². The number of hydrogen-bond acceptors (Lipinski definition) is 2. The maximum atomic E-state index is 11.5. The van der Waals surface area contributed by atoms with Gasteiger partial charge in [0.1, 0.15) is 0 Å². The minimum atomic E-state index is -0.981. The van der Waals surface area contributed by atoms with Gasteiger partial charge in [0.05, 0.1) is 10.7 Å². The van der Waals surface area contributed by atoms with Gasteiger partial charge in [0.15, 0.2) is 5.69 Å². The standard InChI is InChI=1S/C15H14BrClN2O2/c1-8-2-5-12-10(6-8)14(15(20)21)18-19(12)13-7-9(16)3-4-11(13)17/h3-4,7-8H,2,5-6H2,1H3,(H,20,21). The molecule has 1 atom stereocenters. The van der Waals surface area contributed by atoms with E-state index in [1.54, 1.807) is 10.7 Å². The van der Waals surface area contributed by atoms with Gasteiger partial charge >= 0.3 is 5.97 Å². The van der Waals surface area contributed by atoms with Crippen LogP contribution in [0.3, 0.4) is 0 Å². The number of carbonyl (C=O) groups is 1. The van der Waals surface area contributed by atoms with E-state index in [0.717, 1.165) is 35.0 Å². The largest absolute Gasteiger partial charge is 0.476 e. The molecule has 0 aliphatic heterocycles. The number of carboxylic acid groups (broad SMARTS) is 1. The molecule has 1 aliphatic carbocycles. The van der Waals surface area contributed by atoms with Crippen LogP contribution in [0.2, 0.25) is 5.02 Å². The third kappa shape index (κ3) is 2.60. The number of nitrogens with zero attached hydrogens (tertiary/aromatic N) is 2. The smallest absolute Gasteiger partial charge is 0.356 e. The lowest BCUT2D eigenvalue weighted by molar-refractivity contribution is 0.0688. The molecule has 21 heavy (non-hydrogen) atoms. The first kappa shape index (κ1) is 14.6. The molecule has 1 aromatic heterocycles. The maximum Gasteiger partial charge on any atom is 0.356 e. The Kier molecular flexibility index (Phi) is 3.80. The highest BCUT2D eigenvalue weighted by Gasteiger charge is 2.28. The molecule has 1 unspecified atom stereocenters. The zero-order valence-corrected chi connectivity index (χ0v) is 13.8. The lowest BCUT2D eigenvalue weighted by Crippen LogP contribution is -2.14. The molecule has 0 amide bonds. The van der Waals surface area contributed by atoms with E-state index in [9.17, 15) is 9.90 Å². The number of aromatic carboxylic acids is 1. The topological polar surface area (TPSA) is 55.1 Å². The van der Waals surface area contributed by atoms with Crippen LogP contribution >= 0.6 is 27.5 Å². The monoisotopic (exact) mass is 368 g/mol. The van der Waals surface area contributed by atoms with Crippen LogP contribution in [0.1, 0.15) is 35.1 Å². The maximum absolute atomic E-state index is 11.5. The first-order valence-electron chi connectivity index (χ1n) is 6.77. The van der Waals surface area contributed by atoms with Crippen LogP contribution in [0, 0.1) is 5.92 Å². The van der Waals surface area contributed by atoms with Gasteiger partial charge in [-0.25, -0.2) is 9.48 Å². The number of benzene rings is 1. The zero-order chi connectivity index (χ0) is 15.1. The van der Waals surface area contributed by atoms with Crippen molar-refractivity contribution < 1.29 is 9.90 Å². The van der Waals surface area contributed by atoms with Gasteiger partial charge in [0.2, 0.25) is 0 Å². The van der Waals surface area contributed by atoms with Gasteiger partial charge in [-0.3, -0.25) is 0 Å². The van der Waals surface area contributed by atoms with Crippen molar-refractivity contribution in [1.82, 2.24) is 9.78 Å². The van der Waals surface area contributed by atoms with Crippen LogP contribution in [-0.4, -0.2) is 20.9 Å². The summed E-state index contributed by atoms with van der Waals surface area (Å²) in [5.41, 5.74) is 2.67. The van der Waals surface area contributed by atoms with Gasteiger partial charge in [-0.1, -0.05) is 34.5 Å². The van der Waals surface area contributed by atoms with Gasteiger partial charge in [-0.2, -0.15) is 5.10 Å². The van der Waals surface area contributed by atoms with E-state index in [0.29, 0.717) is 16.6 Å². The molecule has 0 bridgehead atoms. The first-order chi connectivity index (χ1) is 9.97. The molecular formula is C15H14BrClN2O2. The molecule has 3 rings (SSSR count). The Hall–Kier alpha value is -1.33. The van der Waals surface area contributed by atoms with Crippen LogP contribution in [0.25, 0.3) is 5.69 Å². The second kappa shape index (κ2) is 5.46. The highest BCUT2D eigenvalue weighted by atomic mass is 79.9. The molecule has 0 fully saturated rings. The fourth-order valence-electron chi connectivity index (χ4n) is 2.81. The molecule has 0 spiro atoms. The van der Waals surface area contributed by atoms with Gasteiger partial charge in [0.25, 0.3) is 0 Å². The lowest BCUT2D eigenvalue weighted by Gasteiger charge is -2.20. The van der Waals surface area contributed by atoms with Crippen LogP contribution in [0.15, 0.2) is 22.7 Å². The van der Waals surface area contributed by atoms with Crippen molar-refractivity contribution in [1.29, 1.82) is 0 Å². The van der Waals surface area contributed by atoms with Crippen molar-refractivity contribution in [2.24, 2.45) is 5.92 Å². The predicted octanol–water partition coefficient (Wildman–Crippen LogP) is 4.11. The van der Waals surface area contributed by atoms with Gasteiger partial charge in [-0.05, 0) is 43.4 Å². The highest BCUT2D eigenvalue weighted by Crippen LogP contribution is 2.32.